The highest BCUT2D eigenvalue weighted by atomic mass is 16.3. The van der Waals surface area contributed by atoms with Gasteiger partial charge in [0.25, 0.3) is 0 Å². The van der Waals surface area contributed by atoms with E-state index in [9.17, 15) is 5.11 Å². The van der Waals surface area contributed by atoms with Crippen LogP contribution < -0.4 is 0 Å². The van der Waals surface area contributed by atoms with Gasteiger partial charge in [-0.1, -0.05) is 25.8 Å². The zero-order valence-electron chi connectivity index (χ0n) is 10.7. The van der Waals surface area contributed by atoms with Crippen LogP contribution in [-0.4, -0.2) is 15.7 Å². The summed E-state index contributed by atoms with van der Waals surface area (Å²) in [6.45, 7) is 2.25. The fourth-order valence-corrected chi connectivity index (χ4v) is 2.97. The molecule has 0 spiro atoms. The molecule has 0 aliphatic heterocycles. The van der Waals surface area contributed by atoms with Crippen molar-refractivity contribution in [2.24, 2.45) is 5.92 Å². The Morgan fingerprint density at radius 2 is 2.18 bits per heavy atom. The van der Waals surface area contributed by atoms with Crippen LogP contribution in [0.3, 0.4) is 0 Å². The lowest BCUT2D eigenvalue weighted by atomic mass is 9.75. The molecule has 1 heterocycles. The molecule has 94 valence electrons. The Morgan fingerprint density at radius 3 is 2.76 bits per heavy atom. The van der Waals surface area contributed by atoms with Gasteiger partial charge in [0.15, 0.2) is 0 Å². The van der Waals surface area contributed by atoms with Gasteiger partial charge in [0.2, 0.25) is 0 Å². The molecule has 2 nitrogen and oxygen atoms in total. The highest BCUT2D eigenvalue weighted by Gasteiger charge is 2.32. The van der Waals surface area contributed by atoms with E-state index in [4.69, 9.17) is 0 Å². The van der Waals surface area contributed by atoms with Crippen molar-refractivity contribution in [1.82, 2.24) is 4.98 Å². The van der Waals surface area contributed by atoms with E-state index < -0.39 is 5.60 Å². The molecule has 0 unspecified atom stereocenters. The van der Waals surface area contributed by atoms with Gasteiger partial charge in [-0.05, 0) is 43.2 Å². The van der Waals surface area contributed by atoms with Crippen molar-refractivity contribution in [1.29, 1.82) is 0 Å². The third kappa shape index (κ3) is 3.53. The summed E-state index contributed by atoms with van der Waals surface area (Å²) >= 11 is 0. The Labute approximate surface area is 104 Å². The monoisotopic (exact) mass is 233 g/mol. The molecule has 1 aliphatic carbocycles. The first-order valence-corrected chi connectivity index (χ1v) is 6.83. The van der Waals surface area contributed by atoms with Crippen molar-refractivity contribution >= 4 is 0 Å². The van der Waals surface area contributed by atoms with Crippen molar-refractivity contribution in [3.8, 4) is 0 Å². The summed E-state index contributed by atoms with van der Waals surface area (Å²) < 4.78 is 0. The highest BCUT2D eigenvalue weighted by Crippen LogP contribution is 2.36. The topological polar surface area (TPSA) is 33.1 Å². The van der Waals surface area contributed by atoms with Gasteiger partial charge in [-0.15, -0.1) is 0 Å². The zero-order chi connectivity index (χ0) is 12.1. The molecule has 1 fully saturated rings. The Bertz CT molecular complexity index is 328. The molecule has 1 saturated carbocycles. The third-order valence-corrected chi connectivity index (χ3v) is 3.99. The van der Waals surface area contributed by atoms with Gasteiger partial charge in [0.1, 0.15) is 0 Å². The molecule has 2 heteroatoms. The molecule has 2 rings (SSSR count). The van der Waals surface area contributed by atoms with E-state index >= 15 is 0 Å². The third-order valence-electron chi connectivity index (χ3n) is 3.99. The normalized spacial score (nSPS) is 29.2. The van der Waals surface area contributed by atoms with Crippen molar-refractivity contribution in [3.05, 3.63) is 30.1 Å². The molecule has 0 aromatic carbocycles. The maximum Gasteiger partial charge on any atom is 0.0688 e. The Kier molecular flexibility index (Phi) is 4.16. The van der Waals surface area contributed by atoms with Crippen molar-refractivity contribution in [2.45, 2.75) is 57.5 Å². The van der Waals surface area contributed by atoms with Crippen molar-refractivity contribution in [2.75, 3.05) is 0 Å². The van der Waals surface area contributed by atoms with Crippen LogP contribution in [0, 0.1) is 5.92 Å². The number of aromatic nitrogens is 1. The maximum atomic E-state index is 10.6. The van der Waals surface area contributed by atoms with Crippen LogP contribution in [0.25, 0.3) is 0 Å². The molecular weight excluding hydrogens is 210 g/mol. The fraction of sp³-hybridized carbons (Fsp3) is 0.667. The van der Waals surface area contributed by atoms with E-state index in [0.717, 1.165) is 30.7 Å². The maximum absolute atomic E-state index is 10.6. The van der Waals surface area contributed by atoms with E-state index in [1.54, 1.807) is 6.20 Å². The van der Waals surface area contributed by atoms with Gasteiger partial charge in [0.05, 0.1) is 5.60 Å². The van der Waals surface area contributed by atoms with Gasteiger partial charge in [-0.25, -0.2) is 0 Å². The van der Waals surface area contributed by atoms with Crippen molar-refractivity contribution < 1.29 is 5.11 Å². The van der Waals surface area contributed by atoms with Gasteiger partial charge in [0, 0.05) is 18.8 Å². The Balaban J connectivity index is 1.89. The molecule has 1 N–H and O–H groups in total. The fourth-order valence-electron chi connectivity index (χ4n) is 2.97. The van der Waals surface area contributed by atoms with Crippen LogP contribution in [0.4, 0.5) is 0 Å². The molecule has 1 aromatic heterocycles. The number of rotatable bonds is 4. The van der Waals surface area contributed by atoms with Gasteiger partial charge < -0.3 is 5.11 Å². The summed E-state index contributed by atoms with van der Waals surface area (Å²) in [6, 6.07) is 4.00. The van der Waals surface area contributed by atoms with Gasteiger partial charge in [-0.3, -0.25) is 4.98 Å². The van der Waals surface area contributed by atoms with Crippen LogP contribution in [0.2, 0.25) is 0 Å². The second-order valence-electron chi connectivity index (χ2n) is 5.49. The molecule has 0 atom stereocenters. The van der Waals surface area contributed by atoms with Crippen LogP contribution in [0.15, 0.2) is 24.5 Å². The van der Waals surface area contributed by atoms with Crippen molar-refractivity contribution in [3.63, 3.8) is 0 Å². The summed E-state index contributed by atoms with van der Waals surface area (Å²) in [6.07, 6.45) is 11.3. The largest absolute Gasteiger partial charge is 0.390 e. The highest BCUT2D eigenvalue weighted by molar-refractivity contribution is 5.12. The van der Waals surface area contributed by atoms with Gasteiger partial charge in [-0.2, -0.15) is 0 Å². The van der Waals surface area contributed by atoms with E-state index in [-0.39, 0.29) is 0 Å². The predicted molar refractivity (Wildman–Crippen MR) is 69.8 cm³/mol. The predicted octanol–water partition coefficient (Wildman–Crippen LogP) is 3.35. The summed E-state index contributed by atoms with van der Waals surface area (Å²) in [4.78, 5) is 4.11. The van der Waals surface area contributed by atoms with E-state index in [1.165, 1.54) is 25.7 Å². The minimum Gasteiger partial charge on any atom is -0.390 e. The Hall–Kier alpha value is -0.890. The van der Waals surface area contributed by atoms with Crippen LogP contribution in [0.5, 0.6) is 0 Å². The average molecular weight is 233 g/mol. The molecule has 0 bridgehead atoms. The minimum absolute atomic E-state index is 0.479. The minimum atomic E-state index is -0.479. The number of nitrogens with zero attached hydrogens (tertiary/aromatic N) is 1. The number of pyridine rings is 1. The molecule has 1 aliphatic rings. The standard InChI is InChI=1S/C15H23NO/c1-2-4-13-6-8-15(17,9-7-13)11-14-5-3-10-16-12-14/h3,5,10,12-13,17H,2,4,6-9,11H2,1H3. The lowest BCUT2D eigenvalue weighted by Crippen LogP contribution is -2.36. The van der Waals surface area contributed by atoms with E-state index in [2.05, 4.69) is 18.0 Å². The molecule has 17 heavy (non-hydrogen) atoms. The molecular formula is C15H23NO. The molecule has 0 radical (unpaired) electrons. The zero-order valence-corrected chi connectivity index (χ0v) is 10.7. The summed E-state index contributed by atoms with van der Waals surface area (Å²) in [5.41, 5.74) is 0.678. The summed E-state index contributed by atoms with van der Waals surface area (Å²) in [5.74, 6) is 0.842. The van der Waals surface area contributed by atoms with Crippen LogP contribution in [-0.2, 0) is 6.42 Å². The second-order valence-corrected chi connectivity index (χ2v) is 5.49. The van der Waals surface area contributed by atoms with E-state index in [0.29, 0.717) is 0 Å². The molecule has 0 amide bonds. The smallest absolute Gasteiger partial charge is 0.0688 e. The summed E-state index contributed by atoms with van der Waals surface area (Å²) in [7, 11) is 0. The molecule has 1 aromatic rings. The lowest BCUT2D eigenvalue weighted by molar-refractivity contribution is -0.00993. The molecule has 0 saturated heterocycles. The first-order valence-electron chi connectivity index (χ1n) is 6.83. The Morgan fingerprint density at radius 1 is 1.41 bits per heavy atom. The second kappa shape index (κ2) is 5.63. The summed E-state index contributed by atoms with van der Waals surface area (Å²) in [5, 5.41) is 10.6. The van der Waals surface area contributed by atoms with Gasteiger partial charge >= 0.3 is 0 Å². The van der Waals surface area contributed by atoms with E-state index in [1.807, 2.05) is 12.3 Å². The first kappa shape index (κ1) is 12.6. The quantitative estimate of drug-likeness (QED) is 0.865. The average Bonchev–Trinajstić information content (AvgIpc) is 2.34. The van der Waals surface area contributed by atoms with Crippen LogP contribution >= 0.6 is 0 Å². The number of aliphatic hydroxyl groups is 1. The number of hydrogen-bond acceptors (Lipinski definition) is 2. The first-order chi connectivity index (χ1) is 8.22. The van der Waals surface area contributed by atoms with Crippen LogP contribution in [0.1, 0.15) is 51.0 Å². The number of hydrogen-bond donors (Lipinski definition) is 1. The SMILES string of the molecule is CCCC1CCC(O)(Cc2cccnc2)CC1. The lowest BCUT2D eigenvalue weighted by Gasteiger charge is -2.36.